The molecule has 0 aliphatic carbocycles. The van der Waals surface area contributed by atoms with Gasteiger partial charge in [0.15, 0.2) is 5.96 Å². The van der Waals surface area contributed by atoms with Crippen molar-refractivity contribution in [2.45, 2.75) is 40.0 Å². The number of halogens is 1. The summed E-state index contributed by atoms with van der Waals surface area (Å²) in [5, 5.41) is 9.30. The molecule has 5 nitrogen and oxygen atoms in total. The number of H-pyrrole nitrogens is 1. The van der Waals surface area contributed by atoms with E-state index < -0.39 is 0 Å². The van der Waals surface area contributed by atoms with E-state index in [2.05, 4.69) is 70.8 Å². The van der Waals surface area contributed by atoms with Crippen molar-refractivity contribution in [2.24, 2.45) is 4.99 Å². The summed E-state index contributed by atoms with van der Waals surface area (Å²) in [5.41, 5.74) is 5.13. The third-order valence-electron chi connectivity index (χ3n) is 4.88. The van der Waals surface area contributed by atoms with Gasteiger partial charge in [-0.1, -0.05) is 25.1 Å². The molecule has 28 heavy (non-hydrogen) atoms. The summed E-state index contributed by atoms with van der Waals surface area (Å²) in [7, 11) is 1.81. The molecular formula is C21H30IN5S. The molecule has 0 amide bonds. The maximum absolute atomic E-state index is 4.59. The molecule has 0 spiro atoms. The normalized spacial score (nSPS) is 11.5. The van der Waals surface area contributed by atoms with Crippen molar-refractivity contribution in [3.63, 3.8) is 0 Å². The molecule has 0 fully saturated rings. The van der Waals surface area contributed by atoms with Crippen LogP contribution in [0.15, 0.2) is 29.4 Å². The van der Waals surface area contributed by atoms with Gasteiger partial charge < -0.3 is 15.6 Å². The quantitative estimate of drug-likeness (QED) is 0.251. The summed E-state index contributed by atoms with van der Waals surface area (Å²) in [6, 6.07) is 6.54. The summed E-state index contributed by atoms with van der Waals surface area (Å²) in [6.45, 7) is 8.06. The molecule has 0 atom stereocenters. The summed E-state index contributed by atoms with van der Waals surface area (Å²) in [6.07, 6.45) is 5.06. The molecule has 152 valence electrons. The molecule has 0 aliphatic rings. The Morgan fingerprint density at radius 1 is 1.14 bits per heavy atom. The first-order chi connectivity index (χ1) is 13.1. The molecule has 0 radical (unpaired) electrons. The van der Waals surface area contributed by atoms with Gasteiger partial charge >= 0.3 is 0 Å². The number of hydrogen-bond donors (Lipinski definition) is 3. The zero-order valence-electron chi connectivity index (χ0n) is 17.1. The van der Waals surface area contributed by atoms with Crippen LogP contribution in [0.2, 0.25) is 0 Å². The van der Waals surface area contributed by atoms with E-state index in [1.807, 2.05) is 7.05 Å². The molecule has 0 bridgehead atoms. The number of guanidine groups is 1. The van der Waals surface area contributed by atoms with E-state index in [1.165, 1.54) is 31.9 Å². The fraction of sp³-hybridized carbons (Fsp3) is 0.429. The lowest BCUT2D eigenvalue weighted by Crippen LogP contribution is -2.39. The molecule has 3 aromatic rings. The van der Waals surface area contributed by atoms with Crippen LogP contribution in [-0.2, 0) is 19.3 Å². The number of nitrogens with one attached hydrogen (secondary N) is 3. The summed E-state index contributed by atoms with van der Waals surface area (Å²) in [5.74, 6) is 0.842. The van der Waals surface area contributed by atoms with Crippen LogP contribution in [0.5, 0.6) is 0 Å². The highest BCUT2D eigenvalue weighted by Crippen LogP contribution is 2.22. The molecule has 2 aromatic heterocycles. The Balaban J connectivity index is 0.00000280. The second-order valence-corrected chi connectivity index (χ2v) is 7.97. The second kappa shape index (κ2) is 10.8. The van der Waals surface area contributed by atoms with E-state index in [0.29, 0.717) is 0 Å². The Morgan fingerprint density at radius 2 is 1.89 bits per heavy atom. The maximum atomic E-state index is 4.59. The van der Waals surface area contributed by atoms with Crippen LogP contribution in [0.25, 0.3) is 10.9 Å². The van der Waals surface area contributed by atoms with Gasteiger partial charge in [0.2, 0.25) is 0 Å². The minimum absolute atomic E-state index is 0. The molecule has 7 heteroatoms. The van der Waals surface area contributed by atoms with Gasteiger partial charge in [-0.3, -0.25) is 4.99 Å². The zero-order chi connectivity index (χ0) is 19.2. The average molecular weight is 511 g/mol. The Bertz CT molecular complexity index is 909. The predicted molar refractivity (Wildman–Crippen MR) is 131 cm³/mol. The van der Waals surface area contributed by atoms with Gasteiger partial charge in [-0.05, 0) is 37.8 Å². The van der Waals surface area contributed by atoms with E-state index in [-0.39, 0.29) is 24.0 Å². The van der Waals surface area contributed by atoms with Gasteiger partial charge in [-0.25, -0.2) is 4.98 Å². The minimum Gasteiger partial charge on any atom is -0.361 e. The third-order valence-corrected chi connectivity index (χ3v) is 6.02. The van der Waals surface area contributed by atoms with Crippen molar-refractivity contribution in [2.75, 3.05) is 20.1 Å². The Labute approximate surface area is 188 Å². The third kappa shape index (κ3) is 5.47. The number of aryl methyl sites for hydroxylation is 3. The van der Waals surface area contributed by atoms with Gasteiger partial charge in [0.05, 0.1) is 10.7 Å². The van der Waals surface area contributed by atoms with Gasteiger partial charge in [-0.2, -0.15) is 0 Å². The van der Waals surface area contributed by atoms with E-state index in [4.69, 9.17) is 0 Å². The fourth-order valence-electron chi connectivity index (χ4n) is 3.25. The number of aliphatic imine (C=N–C) groups is 1. The summed E-state index contributed by atoms with van der Waals surface area (Å²) in [4.78, 5) is 13.6. The lowest BCUT2D eigenvalue weighted by atomic mass is 10.1. The van der Waals surface area contributed by atoms with E-state index in [1.54, 1.807) is 11.3 Å². The number of hydrogen-bond acceptors (Lipinski definition) is 3. The second-order valence-electron chi connectivity index (χ2n) is 6.68. The highest BCUT2D eigenvalue weighted by atomic mass is 127. The van der Waals surface area contributed by atoms with Crippen molar-refractivity contribution >= 4 is 52.2 Å². The number of aromatic nitrogens is 2. The molecule has 2 heterocycles. The molecule has 0 aliphatic heterocycles. The standard InChI is InChI=1S/C21H29N5S.HI/c1-5-16-7-6-8-18-17(13-25-20(16)18)9-11-23-21(22-4)24-12-10-19-26-14(2)15(3)27-19;/h6-8,13,25H,5,9-12H2,1-4H3,(H2,22,23,24);1H. The average Bonchev–Trinajstić information content (AvgIpc) is 3.23. The molecular weight excluding hydrogens is 481 g/mol. The molecule has 0 unspecified atom stereocenters. The van der Waals surface area contributed by atoms with Crippen molar-refractivity contribution in [3.8, 4) is 0 Å². The lowest BCUT2D eigenvalue weighted by Gasteiger charge is -2.11. The van der Waals surface area contributed by atoms with Crippen LogP contribution in [0.4, 0.5) is 0 Å². The van der Waals surface area contributed by atoms with Crippen LogP contribution in [0, 0.1) is 13.8 Å². The van der Waals surface area contributed by atoms with Gasteiger partial charge in [0.1, 0.15) is 0 Å². The first kappa shape index (κ1) is 22.7. The van der Waals surface area contributed by atoms with Crippen LogP contribution in [0.3, 0.4) is 0 Å². The minimum atomic E-state index is 0. The van der Waals surface area contributed by atoms with Crippen LogP contribution >= 0.6 is 35.3 Å². The Kier molecular flexibility index (Phi) is 8.75. The van der Waals surface area contributed by atoms with Gasteiger partial charge in [-0.15, -0.1) is 35.3 Å². The fourth-order valence-corrected chi connectivity index (χ4v) is 4.18. The zero-order valence-corrected chi connectivity index (χ0v) is 20.2. The van der Waals surface area contributed by atoms with Crippen LogP contribution in [0.1, 0.15) is 33.6 Å². The van der Waals surface area contributed by atoms with Crippen molar-refractivity contribution < 1.29 is 0 Å². The van der Waals surface area contributed by atoms with E-state index in [0.717, 1.165) is 44.0 Å². The highest BCUT2D eigenvalue weighted by molar-refractivity contribution is 14.0. The monoisotopic (exact) mass is 511 g/mol. The molecule has 1 aromatic carbocycles. The number of fused-ring (bicyclic) bond motifs is 1. The molecule has 3 N–H and O–H groups in total. The van der Waals surface area contributed by atoms with Gasteiger partial charge in [0.25, 0.3) is 0 Å². The number of aromatic amines is 1. The van der Waals surface area contributed by atoms with Crippen molar-refractivity contribution in [3.05, 3.63) is 51.1 Å². The number of nitrogens with zero attached hydrogens (tertiary/aromatic N) is 2. The van der Waals surface area contributed by atoms with Crippen LogP contribution < -0.4 is 10.6 Å². The van der Waals surface area contributed by atoms with Crippen molar-refractivity contribution in [1.29, 1.82) is 0 Å². The van der Waals surface area contributed by atoms with Crippen LogP contribution in [-0.4, -0.2) is 36.1 Å². The Morgan fingerprint density at radius 3 is 2.54 bits per heavy atom. The first-order valence-electron chi connectivity index (χ1n) is 9.57. The number of rotatable bonds is 7. The number of thiazole rings is 1. The molecule has 0 saturated heterocycles. The number of para-hydroxylation sites is 1. The topological polar surface area (TPSA) is 65.1 Å². The predicted octanol–water partition coefficient (Wildman–Crippen LogP) is 4.37. The van der Waals surface area contributed by atoms with Gasteiger partial charge in [0, 0.05) is 48.5 Å². The first-order valence-corrected chi connectivity index (χ1v) is 10.4. The number of benzene rings is 1. The van der Waals surface area contributed by atoms with E-state index >= 15 is 0 Å². The SMILES string of the molecule is CCc1cccc2c(CCNC(=NC)NCCc3nc(C)c(C)s3)c[nH]c12.I. The lowest BCUT2D eigenvalue weighted by molar-refractivity contribution is 0.782. The van der Waals surface area contributed by atoms with Crippen molar-refractivity contribution in [1.82, 2.24) is 20.6 Å². The highest BCUT2D eigenvalue weighted by Gasteiger charge is 2.07. The maximum Gasteiger partial charge on any atom is 0.191 e. The Hall–Kier alpha value is -1.61. The van der Waals surface area contributed by atoms with E-state index in [9.17, 15) is 0 Å². The molecule has 3 rings (SSSR count). The summed E-state index contributed by atoms with van der Waals surface area (Å²) >= 11 is 1.78. The largest absolute Gasteiger partial charge is 0.361 e. The summed E-state index contributed by atoms with van der Waals surface area (Å²) < 4.78 is 0. The molecule has 0 saturated carbocycles. The smallest absolute Gasteiger partial charge is 0.191 e.